The van der Waals surface area contributed by atoms with Gasteiger partial charge in [-0.2, -0.15) is 0 Å². The normalized spacial score (nSPS) is 13.0. The molecule has 0 radical (unpaired) electrons. The Morgan fingerprint density at radius 1 is 1.00 bits per heavy atom. The van der Waals surface area contributed by atoms with E-state index >= 15 is 0 Å². The van der Waals surface area contributed by atoms with Gasteiger partial charge in [0, 0.05) is 6.04 Å². The van der Waals surface area contributed by atoms with Crippen molar-refractivity contribution in [1.82, 2.24) is 5.32 Å². The van der Waals surface area contributed by atoms with E-state index in [1.54, 1.807) is 0 Å². The van der Waals surface area contributed by atoms with Gasteiger partial charge in [0.2, 0.25) is 0 Å². The summed E-state index contributed by atoms with van der Waals surface area (Å²) in [5.41, 5.74) is 1.48. The molecule has 0 aliphatic rings. The average molecular weight is 269 g/mol. The molecule has 0 aliphatic heterocycles. The Balaban J connectivity index is 2.07. The Morgan fingerprint density at radius 3 is 2.50 bits per heavy atom. The van der Waals surface area contributed by atoms with Crippen LogP contribution in [0.1, 0.15) is 39.2 Å². The fraction of sp³-hybridized carbons (Fsp3) is 0.474. The first-order chi connectivity index (χ1) is 9.72. The second-order valence-electron chi connectivity index (χ2n) is 5.98. The molecule has 0 saturated carbocycles. The maximum absolute atomic E-state index is 3.69. The summed E-state index contributed by atoms with van der Waals surface area (Å²) in [4.78, 5) is 0. The molecule has 1 atom stereocenters. The number of rotatable bonds is 7. The third-order valence-electron chi connectivity index (χ3n) is 4.07. The van der Waals surface area contributed by atoms with Gasteiger partial charge in [-0.05, 0) is 48.1 Å². The molecule has 1 nitrogen and oxygen atoms in total. The molecule has 0 aliphatic carbocycles. The third-order valence-corrected chi connectivity index (χ3v) is 4.07. The van der Waals surface area contributed by atoms with E-state index in [-0.39, 0.29) is 0 Å². The van der Waals surface area contributed by atoms with Crippen molar-refractivity contribution in [3.8, 4) is 0 Å². The van der Waals surface area contributed by atoms with Crippen molar-refractivity contribution in [3.63, 3.8) is 0 Å². The van der Waals surface area contributed by atoms with Gasteiger partial charge in [-0.1, -0.05) is 63.2 Å². The van der Waals surface area contributed by atoms with E-state index in [4.69, 9.17) is 0 Å². The third kappa shape index (κ3) is 3.83. The molecule has 0 spiro atoms. The fourth-order valence-corrected chi connectivity index (χ4v) is 2.82. The minimum absolute atomic E-state index is 0.619. The van der Waals surface area contributed by atoms with Crippen LogP contribution in [0.4, 0.5) is 0 Å². The van der Waals surface area contributed by atoms with Crippen molar-refractivity contribution in [2.24, 2.45) is 5.92 Å². The first-order valence-electron chi connectivity index (χ1n) is 7.92. The standard InChI is InChI=1S/C19H27N/c1-4-14-20-19(15(2)3)13-12-17-10-7-9-16-8-5-6-11-18(16)17/h5-11,15,19-20H,4,12-14H2,1-3H3. The number of nitrogens with one attached hydrogen (secondary N) is 1. The summed E-state index contributed by atoms with van der Waals surface area (Å²) in [5.74, 6) is 0.691. The molecule has 2 aromatic rings. The Labute approximate surface area is 123 Å². The molecule has 0 aromatic heterocycles. The van der Waals surface area contributed by atoms with Crippen LogP contribution in [-0.2, 0) is 6.42 Å². The van der Waals surface area contributed by atoms with Crippen molar-refractivity contribution >= 4 is 10.8 Å². The lowest BCUT2D eigenvalue weighted by Gasteiger charge is -2.22. The zero-order valence-electron chi connectivity index (χ0n) is 13.0. The number of benzene rings is 2. The Bertz CT molecular complexity index is 525. The second kappa shape index (κ2) is 7.44. The van der Waals surface area contributed by atoms with Crippen LogP contribution in [0.2, 0.25) is 0 Å². The molecule has 108 valence electrons. The van der Waals surface area contributed by atoms with Gasteiger partial charge < -0.3 is 5.32 Å². The fourth-order valence-electron chi connectivity index (χ4n) is 2.82. The van der Waals surface area contributed by atoms with E-state index in [2.05, 4.69) is 68.6 Å². The van der Waals surface area contributed by atoms with E-state index in [0.717, 1.165) is 13.0 Å². The monoisotopic (exact) mass is 269 g/mol. The minimum atomic E-state index is 0.619. The minimum Gasteiger partial charge on any atom is -0.314 e. The van der Waals surface area contributed by atoms with Crippen molar-refractivity contribution in [2.75, 3.05) is 6.54 Å². The molecule has 0 heterocycles. The van der Waals surface area contributed by atoms with Crippen LogP contribution in [0.5, 0.6) is 0 Å². The van der Waals surface area contributed by atoms with Gasteiger partial charge in [0.05, 0.1) is 0 Å². The zero-order valence-corrected chi connectivity index (χ0v) is 13.0. The SMILES string of the molecule is CCCNC(CCc1cccc2ccccc12)C(C)C. The van der Waals surface area contributed by atoms with Gasteiger partial charge in [-0.25, -0.2) is 0 Å². The van der Waals surface area contributed by atoms with E-state index in [9.17, 15) is 0 Å². The summed E-state index contributed by atoms with van der Waals surface area (Å²) in [6, 6.07) is 16.0. The van der Waals surface area contributed by atoms with Crippen molar-refractivity contribution in [2.45, 2.75) is 46.1 Å². The summed E-state index contributed by atoms with van der Waals surface area (Å²) >= 11 is 0. The molecule has 0 bridgehead atoms. The molecule has 20 heavy (non-hydrogen) atoms. The summed E-state index contributed by atoms with van der Waals surface area (Å²) in [6.45, 7) is 7.99. The summed E-state index contributed by atoms with van der Waals surface area (Å²) < 4.78 is 0. The van der Waals surface area contributed by atoms with E-state index in [1.165, 1.54) is 29.2 Å². The lowest BCUT2D eigenvalue weighted by Crippen LogP contribution is -2.34. The van der Waals surface area contributed by atoms with Gasteiger partial charge >= 0.3 is 0 Å². The van der Waals surface area contributed by atoms with E-state index < -0.39 is 0 Å². The predicted molar refractivity (Wildman–Crippen MR) is 89.2 cm³/mol. The summed E-state index contributed by atoms with van der Waals surface area (Å²) in [7, 11) is 0. The molecule has 1 unspecified atom stereocenters. The predicted octanol–water partition coefficient (Wildman–Crippen LogP) is 4.80. The molecule has 1 heteroatoms. The Hall–Kier alpha value is -1.34. The van der Waals surface area contributed by atoms with Crippen LogP contribution >= 0.6 is 0 Å². The maximum Gasteiger partial charge on any atom is 0.00932 e. The average Bonchev–Trinajstić information content (AvgIpc) is 2.47. The first kappa shape index (κ1) is 15.1. The molecule has 1 N–H and O–H groups in total. The number of hydrogen-bond donors (Lipinski definition) is 1. The molecule has 0 fully saturated rings. The Morgan fingerprint density at radius 2 is 1.75 bits per heavy atom. The van der Waals surface area contributed by atoms with Gasteiger partial charge in [0.15, 0.2) is 0 Å². The van der Waals surface area contributed by atoms with Gasteiger partial charge in [0.1, 0.15) is 0 Å². The highest BCUT2D eigenvalue weighted by Gasteiger charge is 2.12. The molecule has 0 amide bonds. The van der Waals surface area contributed by atoms with Gasteiger partial charge in [0.25, 0.3) is 0 Å². The molecule has 2 rings (SSSR count). The highest BCUT2D eigenvalue weighted by Crippen LogP contribution is 2.21. The highest BCUT2D eigenvalue weighted by atomic mass is 14.9. The zero-order chi connectivity index (χ0) is 14.4. The van der Waals surface area contributed by atoms with Crippen molar-refractivity contribution in [1.29, 1.82) is 0 Å². The molecule has 0 saturated heterocycles. The van der Waals surface area contributed by atoms with Crippen LogP contribution in [-0.4, -0.2) is 12.6 Å². The molecular weight excluding hydrogens is 242 g/mol. The number of fused-ring (bicyclic) bond motifs is 1. The lowest BCUT2D eigenvalue weighted by atomic mass is 9.94. The maximum atomic E-state index is 3.69. The number of aryl methyl sites for hydroxylation is 1. The summed E-state index contributed by atoms with van der Waals surface area (Å²) in [6.07, 6.45) is 3.57. The Kier molecular flexibility index (Phi) is 5.60. The number of hydrogen-bond acceptors (Lipinski definition) is 1. The smallest absolute Gasteiger partial charge is 0.00932 e. The molecule has 2 aromatic carbocycles. The van der Waals surface area contributed by atoms with Gasteiger partial charge in [-0.15, -0.1) is 0 Å². The second-order valence-corrected chi connectivity index (χ2v) is 5.98. The van der Waals surface area contributed by atoms with E-state index in [1.807, 2.05) is 0 Å². The first-order valence-corrected chi connectivity index (χ1v) is 7.92. The quantitative estimate of drug-likeness (QED) is 0.761. The molecular formula is C19H27N. The van der Waals surface area contributed by atoms with Gasteiger partial charge in [-0.3, -0.25) is 0 Å². The summed E-state index contributed by atoms with van der Waals surface area (Å²) in [5, 5.41) is 6.45. The van der Waals surface area contributed by atoms with Crippen LogP contribution in [0.3, 0.4) is 0 Å². The highest BCUT2D eigenvalue weighted by molar-refractivity contribution is 5.85. The van der Waals surface area contributed by atoms with Crippen LogP contribution in [0.15, 0.2) is 42.5 Å². The topological polar surface area (TPSA) is 12.0 Å². The van der Waals surface area contributed by atoms with E-state index in [0.29, 0.717) is 12.0 Å². The van der Waals surface area contributed by atoms with Crippen molar-refractivity contribution < 1.29 is 0 Å². The lowest BCUT2D eigenvalue weighted by molar-refractivity contribution is 0.378. The van der Waals surface area contributed by atoms with Crippen LogP contribution < -0.4 is 5.32 Å². The van der Waals surface area contributed by atoms with Crippen LogP contribution in [0.25, 0.3) is 10.8 Å². The van der Waals surface area contributed by atoms with Crippen LogP contribution in [0, 0.1) is 5.92 Å². The largest absolute Gasteiger partial charge is 0.314 e. The van der Waals surface area contributed by atoms with Crippen molar-refractivity contribution in [3.05, 3.63) is 48.0 Å².